The Morgan fingerprint density at radius 2 is 1.76 bits per heavy atom. The number of benzene rings is 2. The second-order valence-electron chi connectivity index (χ2n) is 6.90. The largest absolute Gasteiger partial charge is 0.421 e. The second kappa shape index (κ2) is 7.35. The zero-order valence-electron chi connectivity index (χ0n) is 16.7. The molecule has 0 radical (unpaired) electrons. The first-order chi connectivity index (χ1) is 13.9. The van der Waals surface area contributed by atoms with Crippen LogP contribution in [0.4, 0.5) is 5.69 Å². The van der Waals surface area contributed by atoms with Crippen molar-refractivity contribution in [1.29, 1.82) is 0 Å². The van der Waals surface area contributed by atoms with Crippen LogP contribution in [0.3, 0.4) is 0 Å². The number of nitrogens with one attached hydrogen (secondary N) is 1. The van der Waals surface area contributed by atoms with Crippen LogP contribution in [0, 0.1) is 27.7 Å². The van der Waals surface area contributed by atoms with Crippen molar-refractivity contribution in [3.05, 3.63) is 76.9 Å². The van der Waals surface area contributed by atoms with Gasteiger partial charge in [0.2, 0.25) is 11.8 Å². The molecule has 29 heavy (non-hydrogen) atoms. The predicted molar refractivity (Wildman–Crippen MR) is 110 cm³/mol. The Bertz CT molecular complexity index is 1190. The Hall–Kier alpha value is -3.74. The first-order valence-electron chi connectivity index (χ1n) is 9.28. The number of hydrogen-bond donors (Lipinski definition) is 1. The third-order valence-electron chi connectivity index (χ3n) is 4.78. The molecule has 2 aromatic carbocycles. The number of hydrogen-bond acceptors (Lipinski definition) is 5. The van der Waals surface area contributed by atoms with Gasteiger partial charge in [-0.05, 0) is 50.6 Å². The van der Waals surface area contributed by atoms with E-state index in [1.807, 2.05) is 69.3 Å². The number of nitrogens with zero attached hydrogens (tertiary/aromatic N) is 4. The van der Waals surface area contributed by atoms with Gasteiger partial charge in [0.05, 0.1) is 22.6 Å². The molecule has 1 amide bonds. The summed E-state index contributed by atoms with van der Waals surface area (Å²) >= 11 is 0. The van der Waals surface area contributed by atoms with Crippen LogP contribution in [-0.4, -0.2) is 25.9 Å². The lowest BCUT2D eigenvalue weighted by Crippen LogP contribution is -2.15. The van der Waals surface area contributed by atoms with Crippen LogP contribution >= 0.6 is 0 Å². The van der Waals surface area contributed by atoms with E-state index in [1.54, 1.807) is 11.6 Å². The Morgan fingerprint density at radius 3 is 2.45 bits per heavy atom. The summed E-state index contributed by atoms with van der Waals surface area (Å²) in [6.07, 6.45) is 0. The molecule has 0 aliphatic heterocycles. The maximum atomic E-state index is 13.1. The van der Waals surface area contributed by atoms with Crippen molar-refractivity contribution in [2.45, 2.75) is 27.7 Å². The number of amides is 1. The van der Waals surface area contributed by atoms with Gasteiger partial charge in [-0.25, -0.2) is 4.68 Å². The molecule has 7 heteroatoms. The standard InChI is InChI=1S/C22H21N5O2/c1-13-10-11-17(22-25-24-16(4)29-22)12-19(13)23-21(28)20-14(2)26-27(15(20)3)18-8-6-5-7-9-18/h5-12H,1-4H3,(H,23,28). The summed E-state index contributed by atoms with van der Waals surface area (Å²) in [5.74, 6) is 0.706. The minimum atomic E-state index is -0.204. The lowest BCUT2D eigenvalue weighted by atomic mass is 10.1. The van der Waals surface area contributed by atoms with E-state index in [1.165, 1.54) is 0 Å². The minimum absolute atomic E-state index is 0.204. The van der Waals surface area contributed by atoms with Crippen LogP contribution in [-0.2, 0) is 0 Å². The molecule has 146 valence electrons. The highest BCUT2D eigenvalue weighted by atomic mass is 16.4. The molecule has 2 heterocycles. The van der Waals surface area contributed by atoms with E-state index in [0.717, 1.165) is 22.5 Å². The fourth-order valence-corrected chi connectivity index (χ4v) is 3.28. The average Bonchev–Trinajstić information content (AvgIpc) is 3.27. The highest BCUT2D eigenvalue weighted by Crippen LogP contribution is 2.26. The second-order valence-corrected chi connectivity index (χ2v) is 6.90. The van der Waals surface area contributed by atoms with Gasteiger partial charge in [0.25, 0.3) is 5.91 Å². The Labute approximate surface area is 168 Å². The van der Waals surface area contributed by atoms with Gasteiger partial charge in [0.15, 0.2) is 0 Å². The summed E-state index contributed by atoms with van der Waals surface area (Å²) in [6.45, 7) is 7.41. The third kappa shape index (κ3) is 3.54. The van der Waals surface area contributed by atoms with Crippen molar-refractivity contribution >= 4 is 11.6 Å². The van der Waals surface area contributed by atoms with E-state index in [4.69, 9.17) is 4.42 Å². The summed E-state index contributed by atoms with van der Waals surface area (Å²) < 4.78 is 7.28. The van der Waals surface area contributed by atoms with Gasteiger partial charge >= 0.3 is 0 Å². The molecule has 0 saturated carbocycles. The van der Waals surface area contributed by atoms with Crippen molar-refractivity contribution in [2.75, 3.05) is 5.32 Å². The summed E-state index contributed by atoms with van der Waals surface area (Å²) in [6, 6.07) is 15.4. The van der Waals surface area contributed by atoms with Crippen molar-refractivity contribution in [3.63, 3.8) is 0 Å². The van der Waals surface area contributed by atoms with E-state index in [-0.39, 0.29) is 5.91 Å². The van der Waals surface area contributed by atoms with Crippen molar-refractivity contribution in [1.82, 2.24) is 20.0 Å². The molecule has 0 unspecified atom stereocenters. The normalized spacial score (nSPS) is 10.9. The number of anilines is 1. The molecule has 1 N–H and O–H groups in total. The van der Waals surface area contributed by atoms with Gasteiger partial charge < -0.3 is 9.73 Å². The molecule has 7 nitrogen and oxygen atoms in total. The lowest BCUT2D eigenvalue weighted by Gasteiger charge is -2.10. The van der Waals surface area contributed by atoms with Crippen LogP contribution in [0.5, 0.6) is 0 Å². The molecule has 0 saturated heterocycles. The molecule has 4 aromatic rings. The van der Waals surface area contributed by atoms with Crippen molar-refractivity contribution in [3.8, 4) is 17.1 Å². The van der Waals surface area contributed by atoms with Crippen LogP contribution in [0.25, 0.3) is 17.1 Å². The highest BCUT2D eigenvalue weighted by Gasteiger charge is 2.20. The molecule has 0 bridgehead atoms. The van der Waals surface area contributed by atoms with Crippen molar-refractivity contribution < 1.29 is 9.21 Å². The van der Waals surface area contributed by atoms with E-state index in [9.17, 15) is 4.79 Å². The average molecular weight is 387 g/mol. The summed E-state index contributed by atoms with van der Waals surface area (Å²) in [7, 11) is 0. The van der Waals surface area contributed by atoms with Crippen LogP contribution in [0.2, 0.25) is 0 Å². The fourth-order valence-electron chi connectivity index (χ4n) is 3.28. The molecule has 0 spiro atoms. The van der Waals surface area contributed by atoms with E-state index >= 15 is 0 Å². The van der Waals surface area contributed by atoms with Gasteiger partial charge in [-0.3, -0.25) is 4.79 Å². The molecule has 0 aliphatic rings. The quantitative estimate of drug-likeness (QED) is 0.561. The Balaban J connectivity index is 1.66. The molecule has 0 aliphatic carbocycles. The molecule has 0 atom stereocenters. The third-order valence-corrected chi connectivity index (χ3v) is 4.78. The monoisotopic (exact) mass is 387 g/mol. The molecular formula is C22H21N5O2. The van der Waals surface area contributed by atoms with Gasteiger partial charge in [0.1, 0.15) is 0 Å². The molecule has 4 rings (SSSR count). The Kier molecular flexibility index (Phi) is 4.72. The summed E-state index contributed by atoms with van der Waals surface area (Å²) in [5, 5.41) is 15.5. The number of para-hydroxylation sites is 1. The van der Waals surface area contributed by atoms with Gasteiger partial charge in [0, 0.05) is 18.2 Å². The summed E-state index contributed by atoms with van der Waals surface area (Å²) in [4.78, 5) is 13.1. The maximum Gasteiger partial charge on any atom is 0.259 e. The zero-order chi connectivity index (χ0) is 20.5. The van der Waals surface area contributed by atoms with Crippen molar-refractivity contribution in [2.24, 2.45) is 0 Å². The van der Waals surface area contributed by atoms with Gasteiger partial charge in [-0.2, -0.15) is 5.10 Å². The fraction of sp³-hybridized carbons (Fsp3) is 0.182. The van der Waals surface area contributed by atoms with Crippen LogP contribution < -0.4 is 5.32 Å². The predicted octanol–water partition coefficient (Wildman–Crippen LogP) is 4.41. The SMILES string of the molecule is Cc1nnc(-c2ccc(C)c(NC(=O)c3c(C)nn(-c4ccccc4)c3C)c2)o1. The summed E-state index contributed by atoms with van der Waals surface area (Å²) in [5.41, 5.74) is 5.31. The van der Waals surface area contributed by atoms with Crippen LogP contribution in [0.1, 0.15) is 33.2 Å². The number of rotatable bonds is 4. The topological polar surface area (TPSA) is 85.8 Å². The zero-order valence-corrected chi connectivity index (χ0v) is 16.7. The number of aromatic nitrogens is 4. The highest BCUT2D eigenvalue weighted by molar-refractivity contribution is 6.06. The van der Waals surface area contributed by atoms with E-state index < -0.39 is 0 Å². The smallest absolute Gasteiger partial charge is 0.259 e. The molecule has 0 fully saturated rings. The minimum Gasteiger partial charge on any atom is -0.421 e. The lowest BCUT2D eigenvalue weighted by molar-refractivity contribution is 0.102. The van der Waals surface area contributed by atoms with E-state index in [2.05, 4.69) is 20.6 Å². The van der Waals surface area contributed by atoms with Gasteiger partial charge in [-0.1, -0.05) is 24.3 Å². The van der Waals surface area contributed by atoms with E-state index in [0.29, 0.717) is 28.7 Å². The maximum absolute atomic E-state index is 13.1. The number of carbonyl (C=O) groups excluding carboxylic acids is 1. The molecule has 2 aromatic heterocycles. The first-order valence-corrected chi connectivity index (χ1v) is 9.28. The number of carbonyl (C=O) groups is 1. The van der Waals surface area contributed by atoms with Gasteiger partial charge in [-0.15, -0.1) is 10.2 Å². The van der Waals surface area contributed by atoms with Crippen LogP contribution in [0.15, 0.2) is 52.9 Å². The first kappa shape index (κ1) is 18.6. The molecular weight excluding hydrogens is 366 g/mol. The number of aryl methyl sites for hydroxylation is 3. The Morgan fingerprint density at radius 1 is 1.00 bits per heavy atom.